The molecular formula is C17H25NO2. The van der Waals surface area contributed by atoms with Gasteiger partial charge in [0.2, 0.25) is 5.91 Å². The van der Waals surface area contributed by atoms with Gasteiger partial charge in [-0.05, 0) is 50.3 Å². The summed E-state index contributed by atoms with van der Waals surface area (Å²) in [4.78, 5) is 11.6. The predicted molar refractivity (Wildman–Crippen MR) is 80.9 cm³/mol. The molecule has 1 aliphatic heterocycles. The topological polar surface area (TPSA) is 38.3 Å². The van der Waals surface area contributed by atoms with E-state index in [9.17, 15) is 4.79 Å². The Balaban J connectivity index is 2.17. The highest BCUT2D eigenvalue weighted by molar-refractivity contribution is 5.79. The van der Waals surface area contributed by atoms with E-state index in [-0.39, 0.29) is 17.6 Å². The first-order chi connectivity index (χ1) is 9.41. The molecule has 3 nitrogen and oxygen atoms in total. The van der Waals surface area contributed by atoms with Gasteiger partial charge in [0.05, 0.1) is 6.10 Å². The van der Waals surface area contributed by atoms with Crippen molar-refractivity contribution < 1.29 is 9.53 Å². The maximum absolute atomic E-state index is 11.6. The molecule has 1 fully saturated rings. The molecule has 2 rings (SSSR count). The molecule has 0 aliphatic carbocycles. The quantitative estimate of drug-likeness (QED) is 0.895. The fourth-order valence-corrected chi connectivity index (χ4v) is 2.87. The third kappa shape index (κ3) is 3.33. The largest absolute Gasteiger partial charge is 0.491 e. The number of benzene rings is 1. The van der Waals surface area contributed by atoms with E-state index in [0.717, 1.165) is 18.6 Å². The van der Waals surface area contributed by atoms with E-state index >= 15 is 0 Å². The minimum Gasteiger partial charge on any atom is -0.491 e. The Morgan fingerprint density at radius 1 is 1.30 bits per heavy atom. The Morgan fingerprint density at radius 2 is 2.05 bits per heavy atom. The van der Waals surface area contributed by atoms with Crippen LogP contribution in [0.3, 0.4) is 0 Å². The molecule has 1 heterocycles. The summed E-state index contributed by atoms with van der Waals surface area (Å²) in [5.74, 6) is 1.50. The van der Waals surface area contributed by atoms with Gasteiger partial charge in [-0.2, -0.15) is 0 Å². The molecule has 1 aromatic rings. The van der Waals surface area contributed by atoms with Crippen LogP contribution in [0.4, 0.5) is 0 Å². The van der Waals surface area contributed by atoms with Crippen LogP contribution < -0.4 is 10.1 Å². The first-order valence-electron chi connectivity index (χ1n) is 7.48. The third-order valence-corrected chi connectivity index (χ3v) is 4.08. The van der Waals surface area contributed by atoms with Crippen LogP contribution in [0, 0.1) is 5.92 Å². The Kier molecular flexibility index (Phi) is 4.36. The van der Waals surface area contributed by atoms with Crippen LogP contribution in [0.25, 0.3) is 0 Å². The van der Waals surface area contributed by atoms with Crippen molar-refractivity contribution in [1.82, 2.24) is 5.32 Å². The Labute approximate surface area is 121 Å². The normalized spacial score (nSPS) is 22.4. The van der Waals surface area contributed by atoms with Crippen molar-refractivity contribution in [3.8, 4) is 5.75 Å². The van der Waals surface area contributed by atoms with Gasteiger partial charge in [0.15, 0.2) is 0 Å². The second kappa shape index (κ2) is 5.86. The van der Waals surface area contributed by atoms with Gasteiger partial charge >= 0.3 is 0 Å². The van der Waals surface area contributed by atoms with Crippen LogP contribution in [-0.2, 0) is 11.2 Å². The maximum atomic E-state index is 11.6. The summed E-state index contributed by atoms with van der Waals surface area (Å²) in [7, 11) is 0. The molecule has 110 valence electrons. The monoisotopic (exact) mass is 275 g/mol. The van der Waals surface area contributed by atoms with E-state index < -0.39 is 0 Å². The molecule has 1 atom stereocenters. The fourth-order valence-electron chi connectivity index (χ4n) is 2.87. The second-order valence-electron chi connectivity index (χ2n) is 6.35. The molecule has 1 unspecified atom stereocenters. The van der Waals surface area contributed by atoms with Gasteiger partial charge in [0, 0.05) is 12.0 Å². The molecule has 1 aliphatic rings. The number of ether oxygens (including phenoxy) is 1. The zero-order valence-electron chi connectivity index (χ0n) is 12.9. The van der Waals surface area contributed by atoms with Crippen molar-refractivity contribution in [1.29, 1.82) is 0 Å². The highest BCUT2D eigenvalue weighted by atomic mass is 16.5. The summed E-state index contributed by atoms with van der Waals surface area (Å²) >= 11 is 0. The van der Waals surface area contributed by atoms with Gasteiger partial charge in [0.25, 0.3) is 0 Å². The van der Waals surface area contributed by atoms with E-state index in [1.165, 1.54) is 5.56 Å². The summed E-state index contributed by atoms with van der Waals surface area (Å²) in [6, 6.07) is 8.22. The molecule has 1 N–H and O–H groups in total. The number of nitrogens with one attached hydrogen (secondary N) is 1. The number of hydrogen-bond donors (Lipinski definition) is 1. The molecule has 0 aromatic heterocycles. The van der Waals surface area contributed by atoms with Crippen molar-refractivity contribution in [2.75, 3.05) is 0 Å². The lowest BCUT2D eigenvalue weighted by Gasteiger charge is -2.33. The number of hydrogen-bond acceptors (Lipinski definition) is 2. The van der Waals surface area contributed by atoms with Crippen LogP contribution in [0.2, 0.25) is 0 Å². The van der Waals surface area contributed by atoms with Crippen molar-refractivity contribution >= 4 is 5.91 Å². The summed E-state index contributed by atoms with van der Waals surface area (Å²) in [6.45, 7) is 8.42. The van der Waals surface area contributed by atoms with Crippen molar-refractivity contribution in [2.24, 2.45) is 5.92 Å². The van der Waals surface area contributed by atoms with Crippen molar-refractivity contribution in [2.45, 2.75) is 58.6 Å². The Morgan fingerprint density at radius 3 is 2.60 bits per heavy atom. The van der Waals surface area contributed by atoms with Gasteiger partial charge in [-0.25, -0.2) is 0 Å². The average Bonchev–Trinajstić information content (AvgIpc) is 2.71. The van der Waals surface area contributed by atoms with Crippen molar-refractivity contribution in [3.05, 3.63) is 29.8 Å². The van der Waals surface area contributed by atoms with Crippen LogP contribution in [0.1, 0.15) is 46.1 Å². The highest BCUT2D eigenvalue weighted by Crippen LogP contribution is 2.32. The SMILES string of the molecule is CC(C)Oc1cccc(CC2(C(C)C)CCC(=O)N2)c1. The van der Waals surface area contributed by atoms with Gasteiger partial charge in [0.1, 0.15) is 5.75 Å². The third-order valence-electron chi connectivity index (χ3n) is 4.08. The minimum atomic E-state index is -0.104. The van der Waals surface area contributed by atoms with E-state index in [4.69, 9.17) is 4.74 Å². The summed E-state index contributed by atoms with van der Waals surface area (Å²) in [5.41, 5.74) is 1.12. The number of amides is 1. The molecule has 0 bridgehead atoms. The zero-order valence-corrected chi connectivity index (χ0v) is 12.9. The second-order valence-corrected chi connectivity index (χ2v) is 6.35. The van der Waals surface area contributed by atoms with Gasteiger partial charge in [-0.1, -0.05) is 26.0 Å². The van der Waals surface area contributed by atoms with E-state index in [2.05, 4.69) is 31.3 Å². The molecule has 3 heteroatoms. The molecule has 1 saturated heterocycles. The molecular weight excluding hydrogens is 250 g/mol. The molecule has 20 heavy (non-hydrogen) atoms. The lowest BCUT2D eigenvalue weighted by atomic mass is 9.80. The zero-order chi connectivity index (χ0) is 14.8. The lowest BCUT2D eigenvalue weighted by Crippen LogP contribution is -2.48. The first-order valence-corrected chi connectivity index (χ1v) is 7.48. The summed E-state index contributed by atoms with van der Waals surface area (Å²) < 4.78 is 5.75. The molecule has 1 amide bonds. The Bertz CT molecular complexity index is 482. The first kappa shape index (κ1) is 14.9. The van der Waals surface area contributed by atoms with Crippen LogP contribution in [0.5, 0.6) is 5.75 Å². The smallest absolute Gasteiger partial charge is 0.220 e. The highest BCUT2D eigenvalue weighted by Gasteiger charge is 2.40. The van der Waals surface area contributed by atoms with Crippen LogP contribution >= 0.6 is 0 Å². The standard InChI is InChI=1S/C17H25NO2/c1-12(2)17(9-8-16(19)18-17)11-14-6-5-7-15(10-14)20-13(3)4/h5-7,10,12-13H,8-9,11H2,1-4H3,(H,18,19). The summed E-state index contributed by atoms with van der Waals surface area (Å²) in [6.07, 6.45) is 2.60. The molecule has 0 radical (unpaired) electrons. The summed E-state index contributed by atoms with van der Waals surface area (Å²) in [5, 5.41) is 3.20. The van der Waals surface area contributed by atoms with Crippen LogP contribution in [0.15, 0.2) is 24.3 Å². The molecule has 0 saturated carbocycles. The maximum Gasteiger partial charge on any atom is 0.220 e. The number of carbonyl (C=O) groups excluding carboxylic acids is 1. The minimum absolute atomic E-state index is 0.104. The molecule has 1 aromatic carbocycles. The van der Waals surface area contributed by atoms with E-state index in [0.29, 0.717) is 12.3 Å². The van der Waals surface area contributed by atoms with Gasteiger partial charge < -0.3 is 10.1 Å². The van der Waals surface area contributed by atoms with E-state index in [1.54, 1.807) is 0 Å². The Hall–Kier alpha value is -1.51. The van der Waals surface area contributed by atoms with Gasteiger partial charge in [-0.15, -0.1) is 0 Å². The lowest BCUT2D eigenvalue weighted by molar-refractivity contribution is -0.120. The molecule has 0 spiro atoms. The van der Waals surface area contributed by atoms with Crippen LogP contribution in [-0.4, -0.2) is 17.6 Å². The van der Waals surface area contributed by atoms with Crippen molar-refractivity contribution in [3.63, 3.8) is 0 Å². The van der Waals surface area contributed by atoms with Gasteiger partial charge in [-0.3, -0.25) is 4.79 Å². The predicted octanol–water partition coefficient (Wildman–Crippen LogP) is 3.32. The van der Waals surface area contributed by atoms with E-state index in [1.807, 2.05) is 26.0 Å². The average molecular weight is 275 g/mol. The number of rotatable bonds is 5. The fraction of sp³-hybridized carbons (Fsp3) is 0.588. The number of carbonyl (C=O) groups is 1.